The summed E-state index contributed by atoms with van der Waals surface area (Å²) in [5, 5.41) is 8.20. The van der Waals surface area contributed by atoms with E-state index in [1.54, 1.807) is 14.0 Å². The van der Waals surface area contributed by atoms with Gasteiger partial charge in [-0.1, -0.05) is 63.3 Å². The van der Waals surface area contributed by atoms with Crippen LogP contribution in [0.3, 0.4) is 0 Å². The highest BCUT2D eigenvalue weighted by molar-refractivity contribution is 5.62. The molecule has 1 unspecified atom stereocenters. The third-order valence-corrected chi connectivity index (χ3v) is 4.73. The zero-order valence-electron chi connectivity index (χ0n) is 18.8. The van der Waals surface area contributed by atoms with Crippen LogP contribution in [0.1, 0.15) is 69.9 Å². The third kappa shape index (κ3) is 17.3. The number of hydrogen-bond donors (Lipinski definition) is 2. The summed E-state index contributed by atoms with van der Waals surface area (Å²) in [5.74, 6) is 0. The molecule has 0 spiro atoms. The number of rotatable bonds is 16. The Kier molecular flexibility index (Phi) is 17.9. The van der Waals surface area contributed by atoms with E-state index in [0.717, 1.165) is 12.7 Å². The molecule has 5 nitrogen and oxygen atoms in total. The fourth-order valence-corrected chi connectivity index (χ4v) is 2.76. The Hall–Kier alpha value is -1.27. The standard InChI is InChI=1S/C19H31NO.C5H12O3/c1-3-4-5-6-7-8-9-17-10-12-18(13-11-17)14-15-19(2,20)16-21;1-7-4-5-8-3-2-6/h10-13,16H,3-9,14-15,20H2,1-2H3;6H,2-5H2,1H3. The number of ether oxygens (including phenoxy) is 2. The molecule has 0 aromatic heterocycles. The number of aliphatic hydroxyl groups excluding tert-OH is 1. The molecule has 29 heavy (non-hydrogen) atoms. The van der Waals surface area contributed by atoms with E-state index in [1.807, 2.05) is 0 Å². The number of carbonyl (C=O) groups excluding carboxylic acids is 1. The van der Waals surface area contributed by atoms with Gasteiger partial charge in [-0.15, -0.1) is 0 Å². The van der Waals surface area contributed by atoms with Crippen molar-refractivity contribution in [2.45, 2.75) is 77.2 Å². The van der Waals surface area contributed by atoms with Gasteiger partial charge in [0.05, 0.1) is 32.0 Å². The first-order valence-electron chi connectivity index (χ1n) is 11.0. The van der Waals surface area contributed by atoms with E-state index in [9.17, 15) is 4.79 Å². The fourth-order valence-electron chi connectivity index (χ4n) is 2.76. The molecule has 0 aliphatic rings. The summed E-state index contributed by atoms with van der Waals surface area (Å²) in [6, 6.07) is 8.78. The van der Waals surface area contributed by atoms with E-state index >= 15 is 0 Å². The monoisotopic (exact) mass is 409 g/mol. The smallest absolute Gasteiger partial charge is 0.139 e. The van der Waals surface area contributed by atoms with Crippen LogP contribution in [0.5, 0.6) is 0 Å². The van der Waals surface area contributed by atoms with Crippen LogP contribution >= 0.6 is 0 Å². The second kappa shape index (κ2) is 18.7. The lowest BCUT2D eigenvalue weighted by Crippen LogP contribution is -2.38. The topological polar surface area (TPSA) is 81.8 Å². The van der Waals surface area contributed by atoms with Crippen molar-refractivity contribution in [2.75, 3.05) is 33.5 Å². The minimum absolute atomic E-state index is 0.0870. The Bertz CT molecular complexity index is 482. The number of unbranched alkanes of at least 4 members (excludes halogenated alkanes) is 5. The number of nitrogens with two attached hydrogens (primary N) is 1. The summed E-state index contributed by atoms with van der Waals surface area (Å²) in [6.45, 7) is 5.70. The molecule has 1 aromatic rings. The van der Waals surface area contributed by atoms with E-state index in [4.69, 9.17) is 15.6 Å². The molecule has 0 amide bonds. The molecule has 168 valence electrons. The van der Waals surface area contributed by atoms with Gasteiger partial charge in [0.25, 0.3) is 0 Å². The van der Waals surface area contributed by atoms with Gasteiger partial charge < -0.3 is 25.1 Å². The van der Waals surface area contributed by atoms with Gasteiger partial charge in [-0.2, -0.15) is 0 Å². The Balaban J connectivity index is 0.000000828. The van der Waals surface area contributed by atoms with Crippen molar-refractivity contribution in [3.05, 3.63) is 35.4 Å². The molecule has 0 bridgehead atoms. The average molecular weight is 410 g/mol. The highest BCUT2D eigenvalue weighted by Crippen LogP contribution is 2.14. The lowest BCUT2D eigenvalue weighted by Gasteiger charge is -2.16. The second-order valence-corrected chi connectivity index (χ2v) is 7.79. The van der Waals surface area contributed by atoms with Gasteiger partial charge >= 0.3 is 0 Å². The van der Waals surface area contributed by atoms with Gasteiger partial charge in [-0.05, 0) is 43.7 Å². The SMILES string of the molecule is CCCCCCCCc1ccc(CCC(C)(N)C=O)cc1.COCCOCCO. The summed E-state index contributed by atoms with van der Waals surface area (Å²) in [5.41, 5.74) is 7.82. The van der Waals surface area contributed by atoms with Gasteiger partial charge in [-0.25, -0.2) is 0 Å². The number of aldehydes is 1. The lowest BCUT2D eigenvalue weighted by atomic mass is 9.95. The minimum Gasteiger partial charge on any atom is -0.394 e. The fraction of sp³-hybridized carbons (Fsp3) is 0.708. The van der Waals surface area contributed by atoms with E-state index in [2.05, 4.69) is 35.9 Å². The first-order chi connectivity index (χ1) is 14.0. The van der Waals surface area contributed by atoms with Crippen molar-refractivity contribution in [2.24, 2.45) is 5.73 Å². The molecule has 0 heterocycles. The lowest BCUT2D eigenvalue weighted by molar-refractivity contribution is -0.111. The molecule has 5 heteroatoms. The van der Waals surface area contributed by atoms with E-state index < -0.39 is 5.54 Å². The van der Waals surface area contributed by atoms with Gasteiger partial charge in [0.1, 0.15) is 6.29 Å². The van der Waals surface area contributed by atoms with Crippen LogP contribution in [-0.4, -0.2) is 50.5 Å². The van der Waals surface area contributed by atoms with Crippen LogP contribution < -0.4 is 5.73 Å². The molecule has 0 saturated heterocycles. The van der Waals surface area contributed by atoms with Crippen molar-refractivity contribution < 1.29 is 19.4 Å². The van der Waals surface area contributed by atoms with Crippen LogP contribution in [-0.2, 0) is 27.1 Å². The van der Waals surface area contributed by atoms with Crippen molar-refractivity contribution in [3.8, 4) is 0 Å². The maximum absolute atomic E-state index is 10.8. The Labute approximate surface area is 178 Å². The molecular formula is C24H43NO4. The molecule has 1 aromatic carbocycles. The summed E-state index contributed by atoms with van der Waals surface area (Å²) in [6.07, 6.45) is 11.6. The quantitative estimate of drug-likeness (QED) is 0.318. The number of aliphatic hydroxyl groups is 1. The number of methoxy groups -OCH3 is 1. The largest absolute Gasteiger partial charge is 0.394 e. The van der Waals surface area contributed by atoms with Gasteiger partial charge in [0.2, 0.25) is 0 Å². The van der Waals surface area contributed by atoms with E-state index in [1.165, 1.54) is 56.1 Å². The normalized spacial score (nSPS) is 12.7. The highest BCUT2D eigenvalue weighted by atomic mass is 16.5. The van der Waals surface area contributed by atoms with Crippen molar-refractivity contribution in [3.63, 3.8) is 0 Å². The zero-order chi connectivity index (χ0) is 21.8. The summed E-state index contributed by atoms with van der Waals surface area (Å²) < 4.78 is 9.53. The molecule has 1 atom stereocenters. The van der Waals surface area contributed by atoms with Crippen molar-refractivity contribution >= 4 is 6.29 Å². The molecule has 1 rings (SSSR count). The molecular weight excluding hydrogens is 366 g/mol. The molecule has 0 saturated carbocycles. The molecule has 0 aliphatic carbocycles. The first-order valence-corrected chi connectivity index (χ1v) is 11.0. The molecule has 0 fully saturated rings. The predicted octanol–water partition coefficient (Wildman–Crippen LogP) is 4.08. The van der Waals surface area contributed by atoms with Crippen LogP contribution in [0, 0.1) is 0 Å². The third-order valence-electron chi connectivity index (χ3n) is 4.73. The van der Waals surface area contributed by atoms with Gasteiger partial charge in [0.15, 0.2) is 0 Å². The highest BCUT2D eigenvalue weighted by Gasteiger charge is 2.16. The minimum atomic E-state index is -0.697. The maximum atomic E-state index is 10.8. The average Bonchev–Trinajstić information content (AvgIpc) is 2.74. The van der Waals surface area contributed by atoms with Crippen LogP contribution in [0.15, 0.2) is 24.3 Å². The summed E-state index contributed by atoms with van der Waals surface area (Å²) >= 11 is 0. The molecule has 0 aliphatic heterocycles. The zero-order valence-corrected chi connectivity index (χ0v) is 18.8. The summed E-state index contributed by atoms with van der Waals surface area (Å²) in [7, 11) is 1.61. The molecule has 0 radical (unpaired) electrons. The second-order valence-electron chi connectivity index (χ2n) is 7.79. The number of benzene rings is 1. The Morgan fingerprint density at radius 3 is 2.10 bits per heavy atom. The van der Waals surface area contributed by atoms with Gasteiger partial charge in [-0.3, -0.25) is 0 Å². The van der Waals surface area contributed by atoms with Crippen LogP contribution in [0.4, 0.5) is 0 Å². The van der Waals surface area contributed by atoms with Gasteiger partial charge in [0, 0.05) is 7.11 Å². The van der Waals surface area contributed by atoms with E-state index in [-0.39, 0.29) is 6.61 Å². The maximum Gasteiger partial charge on any atom is 0.139 e. The number of hydrogen-bond acceptors (Lipinski definition) is 5. The number of aryl methyl sites for hydroxylation is 2. The predicted molar refractivity (Wildman–Crippen MR) is 120 cm³/mol. The Morgan fingerprint density at radius 1 is 0.966 bits per heavy atom. The van der Waals surface area contributed by atoms with Crippen molar-refractivity contribution in [1.82, 2.24) is 0 Å². The van der Waals surface area contributed by atoms with Crippen LogP contribution in [0.2, 0.25) is 0 Å². The Morgan fingerprint density at radius 2 is 1.55 bits per heavy atom. The van der Waals surface area contributed by atoms with E-state index in [0.29, 0.717) is 26.2 Å². The summed E-state index contributed by atoms with van der Waals surface area (Å²) in [4.78, 5) is 10.8. The molecule has 3 N–H and O–H groups in total. The number of carbonyl (C=O) groups is 1. The van der Waals surface area contributed by atoms with Crippen molar-refractivity contribution in [1.29, 1.82) is 0 Å². The van der Waals surface area contributed by atoms with Crippen LogP contribution in [0.25, 0.3) is 0 Å². The first kappa shape index (κ1) is 27.7.